The second kappa shape index (κ2) is 3.94. The molecule has 1 aromatic rings. The van der Waals surface area contributed by atoms with Gasteiger partial charge < -0.3 is 18.3 Å². The average Bonchev–Trinajstić information content (AvgIpc) is 2.28. The van der Waals surface area contributed by atoms with Gasteiger partial charge in [-0.05, 0) is 17.5 Å². The van der Waals surface area contributed by atoms with Gasteiger partial charge in [0.05, 0.1) is 18.4 Å². The van der Waals surface area contributed by atoms with Crippen molar-refractivity contribution >= 4 is 18.7 Å². The fourth-order valence-electron chi connectivity index (χ4n) is 2.03. The monoisotopic (exact) mass is 249 g/mol. The first-order chi connectivity index (χ1) is 8.25. The first-order valence-electron chi connectivity index (χ1n) is 5.98. The Morgan fingerprint density at radius 3 is 2.56 bits per heavy atom. The molecule has 0 aromatic heterocycles. The van der Waals surface area contributed by atoms with Crippen LogP contribution in [0.5, 0.6) is 5.75 Å². The van der Waals surface area contributed by atoms with Gasteiger partial charge in [0.2, 0.25) is 0 Å². The molecule has 1 aliphatic rings. The van der Waals surface area contributed by atoms with Crippen molar-refractivity contribution in [3.8, 4) is 5.75 Å². The number of hydrogen-bond acceptors (Lipinski definition) is 2. The van der Waals surface area contributed by atoms with Crippen molar-refractivity contribution in [1.29, 1.82) is 0 Å². The maximum absolute atomic E-state index is 14.9. The van der Waals surface area contributed by atoms with E-state index >= 15 is 0 Å². The van der Waals surface area contributed by atoms with Gasteiger partial charge >= 0.3 is 6.76 Å². The molecule has 96 valence electrons. The number of benzene rings is 1. The zero-order chi connectivity index (χ0) is 13.6. The number of carbonyl (C=O) groups is 1. The molecule has 0 N–H and O–H groups in total. The van der Waals surface area contributed by atoms with E-state index < -0.39 is 17.9 Å². The van der Waals surface area contributed by atoms with E-state index in [9.17, 15) is 9.11 Å². The molecule has 0 saturated heterocycles. The Bertz CT molecular complexity index is 536. The lowest BCUT2D eigenvalue weighted by atomic mass is 9.59. The van der Waals surface area contributed by atoms with E-state index in [0.29, 0.717) is 5.75 Å². The van der Waals surface area contributed by atoms with Crippen LogP contribution in [0.15, 0.2) is 24.3 Å². The van der Waals surface area contributed by atoms with Crippen molar-refractivity contribution in [3.05, 3.63) is 29.8 Å². The summed E-state index contributed by atoms with van der Waals surface area (Å²) >= 11 is 0. The zero-order valence-electron chi connectivity index (χ0n) is 11.1. The van der Waals surface area contributed by atoms with E-state index in [2.05, 4.69) is 0 Å². The average molecular weight is 249 g/mol. The highest BCUT2D eigenvalue weighted by Crippen LogP contribution is 2.30. The molecule has 1 atom stereocenters. The number of nitrogens with zero attached hydrogens (tertiary/aromatic N) is 1. The van der Waals surface area contributed by atoms with Crippen molar-refractivity contribution < 1.29 is 18.3 Å². The number of carbonyl (C=O) groups excluding carboxylic acids is 1. The fourth-order valence-corrected chi connectivity index (χ4v) is 2.03. The molecule has 0 amide bonds. The highest BCUT2D eigenvalue weighted by Gasteiger charge is 2.55. The second-order valence-electron chi connectivity index (χ2n) is 5.71. The van der Waals surface area contributed by atoms with Gasteiger partial charge in [0.15, 0.2) is 0 Å². The third kappa shape index (κ3) is 1.94. The standard InChI is InChI=1S/C13H17BFNO2/c1-13(2,3)12(17)14(15)16(4)9-10-7-5-6-8-11(10)18-14/h5-9H,1-4H3. The van der Waals surface area contributed by atoms with Crippen LogP contribution < -0.4 is 4.65 Å². The fraction of sp³-hybridized carbons (Fsp3) is 0.385. The first-order valence-corrected chi connectivity index (χ1v) is 5.98. The van der Waals surface area contributed by atoms with Crippen LogP contribution in [-0.2, 0) is 4.79 Å². The Morgan fingerprint density at radius 1 is 1.33 bits per heavy atom. The summed E-state index contributed by atoms with van der Waals surface area (Å²) in [4.78, 5) is 12.2. The molecule has 3 nitrogen and oxygen atoms in total. The normalized spacial score (nSPS) is 22.8. The van der Waals surface area contributed by atoms with Crippen molar-refractivity contribution in [2.75, 3.05) is 7.05 Å². The van der Waals surface area contributed by atoms with Crippen LogP contribution in [0, 0.1) is 5.41 Å². The summed E-state index contributed by atoms with van der Waals surface area (Å²) < 4.78 is 21.5. The molecular formula is C13H17BFNO2. The van der Waals surface area contributed by atoms with Gasteiger partial charge in [0, 0.05) is 0 Å². The van der Waals surface area contributed by atoms with E-state index in [-0.39, 0.29) is 0 Å². The van der Waals surface area contributed by atoms with E-state index in [0.717, 1.165) is 5.56 Å². The van der Waals surface area contributed by atoms with Crippen LogP contribution in [0.1, 0.15) is 26.3 Å². The predicted octanol–water partition coefficient (Wildman–Crippen LogP) is 2.20. The summed E-state index contributed by atoms with van der Waals surface area (Å²) in [5.41, 5.74) is -0.545. The minimum Gasteiger partial charge on any atom is -0.625 e. The first kappa shape index (κ1) is 12.8. The van der Waals surface area contributed by atoms with Crippen LogP contribution in [0.2, 0.25) is 0 Å². The predicted molar refractivity (Wildman–Crippen MR) is 69.7 cm³/mol. The molecule has 1 unspecified atom stereocenters. The highest BCUT2D eigenvalue weighted by molar-refractivity contribution is 6.92. The molecule has 0 fully saturated rings. The second-order valence-corrected chi connectivity index (χ2v) is 5.71. The minimum absolute atomic E-state index is 0.413. The van der Waals surface area contributed by atoms with Gasteiger partial charge in [-0.15, -0.1) is 0 Å². The van der Waals surface area contributed by atoms with E-state index in [4.69, 9.17) is 4.65 Å². The lowest BCUT2D eigenvalue weighted by Gasteiger charge is -2.35. The van der Waals surface area contributed by atoms with Crippen molar-refractivity contribution in [2.45, 2.75) is 20.8 Å². The van der Waals surface area contributed by atoms with Gasteiger partial charge in [0.1, 0.15) is 11.9 Å². The topological polar surface area (TPSA) is 29.3 Å². The van der Waals surface area contributed by atoms with Gasteiger partial charge in [-0.25, -0.2) is 0 Å². The smallest absolute Gasteiger partial charge is 0.625 e. The molecule has 1 heterocycles. The Hall–Kier alpha value is -1.65. The third-order valence-corrected chi connectivity index (χ3v) is 3.13. The molecule has 2 rings (SSSR count). The maximum atomic E-state index is 14.9. The molecule has 0 saturated carbocycles. The van der Waals surface area contributed by atoms with Crippen LogP contribution in [0.3, 0.4) is 0 Å². The SMILES string of the molecule is C[N+]1=Cc2ccccc2O[B-]1(F)C(=O)C(C)(C)C. The van der Waals surface area contributed by atoms with Crippen molar-refractivity contribution in [3.63, 3.8) is 0 Å². The van der Waals surface area contributed by atoms with Crippen LogP contribution in [0.25, 0.3) is 0 Å². The molecule has 1 aliphatic heterocycles. The number of rotatable bonds is 1. The summed E-state index contributed by atoms with van der Waals surface area (Å²) in [6.07, 6.45) is 1.61. The summed E-state index contributed by atoms with van der Waals surface area (Å²) in [5.74, 6) is 0.413. The van der Waals surface area contributed by atoms with Gasteiger partial charge in [-0.1, -0.05) is 32.9 Å². The van der Waals surface area contributed by atoms with Gasteiger partial charge in [-0.3, -0.25) is 0 Å². The van der Waals surface area contributed by atoms with Gasteiger partial charge in [-0.2, -0.15) is 0 Å². The Balaban J connectivity index is 2.48. The lowest BCUT2D eigenvalue weighted by molar-refractivity contribution is -0.385. The largest absolute Gasteiger partial charge is 0.694 e. The molecule has 1 aromatic carbocycles. The molecule has 0 radical (unpaired) electrons. The van der Waals surface area contributed by atoms with Crippen LogP contribution >= 0.6 is 0 Å². The molecular weight excluding hydrogens is 232 g/mol. The quantitative estimate of drug-likeness (QED) is 0.714. The summed E-state index contributed by atoms with van der Waals surface area (Å²) in [6.45, 7) is 1.89. The Labute approximate surface area is 106 Å². The van der Waals surface area contributed by atoms with Crippen LogP contribution in [-0.4, -0.2) is 30.2 Å². The van der Waals surface area contributed by atoms with Crippen LogP contribution in [0.4, 0.5) is 4.32 Å². The number of hydrogen-bond donors (Lipinski definition) is 0. The molecule has 18 heavy (non-hydrogen) atoms. The molecule has 0 aliphatic carbocycles. The van der Waals surface area contributed by atoms with Gasteiger partial charge in [0.25, 0.3) is 0 Å². The van der Waals surface area contributed by atoms with Crippen molar-refractivity contribution in [1.82, 2.24) is 0 Å². The molecule has 0 bridgehead atoms. The number of halogens is 1. The van der Waals surface area contributed by atoms with E-state index in [1.807, 2.05) is 12.1 Å². The lowest BCUT2D eigenvalue weighted by Crippen LogP contribution is -2.61. The Kier molecular flexibility index (Phi) is 2.80. The summed E-state index contributed by atoms with van der Waals surface area (Å²) in [7, 11) is 1.53. The minimum atomic E-state index is -3.18. The number of fused-ring (bicyclic) bond motifs is 1. The van der Waals surface area contributed by atoms with Crippen molar-refractivity contribution in [2.24, 2.45) is 5.41 Å². The summed E-state index contributed by atoms with van der Waals surface area (Å²) in [6, 6.07) is 7.10. The molecule has 5 heteroatoms. The number of para-hydroxylation sites is 1. The van der Waals surface area contributed by atoms with E-state index in [1.165, 1.54) is 11.5 Å². The summed E-state index contributed by atoms with van der Waals surface area (Å²) in [5, 5.41) is 0. The zero-order valence-corrected chi connectivity index (χ0v) is 11.1. The van der Waals surface area contributed by atoms with E-state index in [1.54, 1.807) is 39.1 Å². The Morgan fingerprint density at radius 2 is 1.94 bits per heavy atom. The third-order valence-electron chi connectivity index (χ3n) is 3.13. The maximum Gasteiger partial charge on any atom is 0.694 e. The highest BCUT2D eigenvalue weighted by atomic mass is 19.1. The molecule has 0 spiro atoms.